The Balaban J connectivity index is 1.57. The van der Waals surface area contributed by atoms with Crippen LogP contribution in [-0.2, 0) is 17.8 Å². The summed E-state index contributed by atoms with van der Waals surface area (Å²) in [6, 6.07) is 8.26. The summed E-state index contributed by atoms with van der Waals surface area (Å²) in [5, 5.41) is 3.62. The smallest absolute Gasteiger partial charge is 0.223 e. The maximum atomic E-state index is 12.5. The summed E-state index contributed by atoms with van der Waals surface area (Å²) < 4.78 is 0. The standard InChI is InChI=1S/C21H27ClN4O/c1-4-18-19(22)24-15(3)25-20(18)26-11-9-17(10-12-26)21(27)23-13-16-7-5-14(2)6-8-16/h5-8,17H,4,9-13H2,1-3H3,(H,23,27). The lowest BCUT2D eigenvalue weighted by Crippen LogP contribution is -2.41. The van der Waals surface area contributed by atoms with Crippen LogP contribution in [0.4, 0.5) is 5.82 Å². The minimum Gasteiger partial charge on any atom is -0.356 e. The number of rotatable bonds is 5. The number of aromatic nitrogens is 2. The highest BCUT2D eigenvalue weighted by Crippen LogP contribution is 2.29. The lowest BCUT2D eigenvalue weighted by Gasteiger charge is -2.33. The normalized spacial score (nSPS) is 15.0. The molecule has 0 radical (unpaired) electrons. The van der Waals surface area contributed by atoms with Gasteiger partial charge >= 0.3 is 0 Å². The summed E-state index contributed by atoms with van der Waals surface area (Å²) in [4.78, 5) is 23.7. The number of hydrogen-bond donors (Lipinski definition) is 1. The molecule has 1 aliphatic heterocycles. The maximum Gasteiger partial charge on any atom is 0.223 e. The van der Waals surface area contributed by atoms with Crippen molar-refractivity contribution in [2.75, 3.05) is 18.0 Å². The molecule has 0 unspecified atom stereocenters. The van der Waals surface area contributed by atoms with Gasteiger partial charge in [0, 0.05) is 31.1 Å². The molecule has 1 saturated heterocycles. The molecule has 144 valence electrons. The number of halogens is 1. The van der Waals surface area contributed by atoms with Gasteiger partial charge in [-0.2, -0.15) is 0 Å². The highest BCUT2D eigenvalue weighted by atomic mass is 35.5. The number of nitrogens with zero attached hydrogens (tertiary/aromatic N) is 3. The number of anilines is 1. The van der Waals surface area contributed by atoms with Crippen LogP contribution in [0.15, 0.2) is 24.3 Å². The van der Waals surface area contributed by atoms with Crippen molar-refractivity contribution in [3.8, 4) is 0 Å². The lowest BCUT2D eigenvalue weighted by atomic mass is 9.95. The number of amides is 1. The number of aryl methyl sites for hydroxylation is 2. The van der Waals surface area contributed by atoms with Crippen molar-refractivity contribution in [1.29, 1.82) is 0 Å². The van der Waals surface area contributed by atoms with Crippen molar-refractivity contribution in [3.63, 3.8) is 0 Å². The SMILES string of the molecule is CCc1c(Cl)nc(C)nc1N1CCC(C(=O)NCc2ccc(C)cc2)CC1. The Morgan fingerprint density at radius 1 is 1.19 bits per heavy atom. The minimum atomic E-state index is 0.0511. The highest BCUT2D eigenvalue weighted by molar-refractivity contribution is 6.30. The van der Waals surface area contributed by atoms with Gasteiger partial charge in [0.25, 0.3) is 0 Å². The Morgan fingerprint density at radius 2 is 1.85 bits per heavy atom. The van der Waals surface area contributed by atoms with E-state index in [2.05, 4.69) is 58.3 Å². The lowest BCUT2D eigenvalue weighted by molar-refractivity contribution is -0.125. The summed E-state index contributed by atoms with van der Waals surface area (Å²) in [7, 11) is 0. The molecule has 1 amide bonds. The van der Waals surface area contributed by atoms with Crippen molar-refractivity contribution in [2.45, 2.75) is 46.6 Å². The van der Waals surface area contributed by atoms with E-state index in [1.165, 1.54) is 5.56 Å². The van der Waals surface area contributed by atoms with Gasteiger partial charge in [0.2, 0.25) is 5.91 Å². The molecular formula is C21H27ClN4O. The van der Waals surface area contributed by atoms with Crippen LogP contribution < -0.4 is 10.2 Å². The molecule has 1 aliphatic rings. The second kappa shape index (κ2) is 8.70. The van der Waals surface area contributed by atoms with E-state index < -0.39 is 0 Å². The van der Waals surface area contributed by atoms with Gasteiger partial charge in [-0.05, 0) is 38.7 Å². The fraction of sp³-hybridized carbons (Fsp3) is 0.476. The zero-order valence-electron chi connectivity index (χ0n) is 16.3. The Bertz CT molecular complexity index is 799. The topological polar surface area (TPSA) is 58.1 Å². The van der Waals surface area contributed by atoms with Crippen LogP contribution in [0.2, 0.25) is 5.15 Å². The van der Waals surface area contributed by atoms with Gasteiger partial charge in [0.15, 0.2) is 0 Å². The second-order valence-electron chi connectivity index (χ2n) is 7.18. The van der Waals surface area contributed by atoms with E-state index in [0.717, 1.165) is 49.3 Å². The van der Waals surface area contributed by atoms with E-state index in [9.17, 15) is 4.79 Å². The van der Waals surface area contributed by atoms with Crippen LogP contribution in [0.25, 0.3) is 0 Å². The molecule has 1 N–H and O–H groups in total. The third-order valence-electron chi connectivity index (χ3n) is 5.15. The maximum absolute atomic E-state index is 12.5. The van der Waals surface area contributed by atoms with E-state index >= 15 is 0 Å². The molecule has 2 heterocycles. The van der Waals surface area contributed by atoms with Gasteiger partial charge < -0.3 is 10.2 Å². The number of hydrogen-bond acceptors (Lipinski definition) is 4. The summed E-state index contributed by atoms with van der Waals surface area (Å²) in [6.07, 6.45) is 2.44. The predicted molar refractivity (Wildman–Crippen MR) is 109 cm³/mol. The van der Waals surface area contributed by atoms with Gasteiger partial charge in [0.1, 0.15) is 16.8 Å². The molecule has 0 aliphatic carbocycles. The number of carbonyl (C=O) groups is 1. The third kappa shape index (κ3) is 4.78. The van der Waals surface area contributed by atoms with Crippen molar-refractivity contribution in [2.24, 2.45) is 5.92 Å². The first kappa shape index (κ1) is 19.6. The summed E-state index contributed by atoms with van der Waals surface area (Å²) in [5.41, 5.74) is 3.35. The van der Waals surface area contributed by atoms with E-state index in [1.807, 2.05) is 6.92 Å². The van der Waals surface area contributed by atoms with Gasteiger partial charge in [-0.25, -0.2) is 9.97 Å². The molecule has 1 aromatic heterocycles. The molecule has 1 fully saturated rings. The molecule has 1 aromatic carbocycles. The second-order valence-corrected chi connectivity index (χ2v) is 7.54. The Kier molecular flexibility index (Phi) is 6.32. The van der Waals surface area contributed by atoms with Crippen molar-refractivity contribution in [1.82, 2.24) is 15.3 Å². The van der Waals surface area contributed by atoms with E-state index in [1.54, 1.807) is 0 Å². The first-order valence-corrected chi connectivity index (χ1v) is 9.97. The van der Waals surface area contributed by atoms with Crippen molar-refractivity contribution < 1.29 is 4.79 Å². The Morgan fingerprint density at radius 3 is 2.48 bits per heavy atom. The average molecular weight is 387 g/mol. The molecule has 0 spiro atoms. The van der Waals surface area contributed by atoms with Crippen LogP contribution in [0.5, 0.6) is 0 Å². The van der Waals surface area contributed by atoms with Crippen LogP contribution >= 0.6 is 11.6 Å². The van der Waals surface area contributed by atoms with Gasteiger partial charge in [-0.1, -0.05) is 48.4 Å². The Labute approximate surface area is 166 Å². The van der Waals surface area contributed by atoms with Crippen LogP contribution in [0.1, 0.15) is 42.3 Å². The molecule has 6 heteroatoms. The molecule has 3 rings (SSSR count). The van der Waals surface area contributed by atoms with Crippen LogP contribution in [0.3, 0.4) is 0 Å². The first-order valence-electron chi connectivity index (χ1n) is 9.59. The van der Waals surface area contributed by atoms with Gasteiger partial charge in [-0.15, -0.1) is 0 Å². The predicted octanol–water partition coefficient (Wildman–Crippen LogP) is 3.84. The zero-order valence-corrected chi connectivity index (χ0v) is 17.0. The number of nitrogens with one attached hydrogen (secondary N) is 1. The van der Waals surface area contributed by atoms with E-state index in [4.69, 9.17) is 11.6 Å². The molecule has 5 nitrogen and oxygen atoms in total. The largest absolute Gasteiger partial charge is 0.356 e. The number of carbonyl (C=O) groups excluding carboxylic acids is 1. The average Bonchev–Trinajstić information content (AvgIpc) is 2.67. The summed E-state index contributed by atoms with van der Waals surface area (Å²) in [5.74, 6) is 1.80. The first-order chi connectivity index (χ1) is 13.0. The molecular weight excluding hydrogens is 360 g/mol. The molecule has 0 bridgehead atoms. The number of benzene rings is 1. The molecule has 0 atom stereocenters. The Hall–Kier alpha value is -2.14. The minimum absolute atomic E-state index is 0.0511. The van der Waals surface area contributed by atoms with Crippen molar-refractivity contribution in [3.05, 3.63) is 51.9 Å². The molecule has 27 heavy (non-hydrogen) atoms. The quantitative estimate of drug-likeness (QED) is 0.793. The van der Waals surface area contributed by atoms with E-state index in [0.29, 0.717) is 17.5 Å². The fourth-order valence-corrected chi connectivity index (χ4v) is 3.85. The molecule has 2 aromatic rings. The zero-order chi connectivity index (χ0) is 19.4. The van der Waals surface area contributed by atoms with Crippen molar-refractivity contribution >= 4 is 23.3 Å². The van der Waals surface area contributed by atoms with Crippen LogP contribution in [0, 0.1) is 19.8 Å². The van der Waals surface area contributed by atoms with E-state index in [-0.39, 0.29) is 11.8 Å². The van der Waals surface area contributed by atoms with Gasteiger partial charge in [0.05, 0.1) is 0 Å². The number of piperidine rings is 1. The van der Waals surface area contributed by atoms with Crippen LogP contribution in [-0.4, -0.2) is 29.0 Å². The monoisotopic (exact) mass is 386 g/mol. The summed E-state index contributed by atoms with van der Waals surface area (Å²) >= 11 is 6.30. The van der Waals surface area contributed by atoms with Gasteiger partial charge in [-0.3, -0.25) is 4.79 Å². The third-order valence-corrected chi connectivity index (χ3v) is 5.47. The fourth-order valence-electron chi connectivity index (χ4n) is 3.51. The highest BCUT2D eigenvalue weighted by Gasteiger charge is 2.27. The summed E-state index contributed by atoms with van der Waals surface area (Å²) in [6.45, 7) is 8.19. The molecule has 0 saturated carbocycles.